The first-order chi connectivity index (χ1) is 8.02. The molecule has 0 radical (unpaired) electrons. The molecule has 1 unspecified atom stereocenters. The van der Waals surface area contributed by atoms with Crippen LogP contribution in [-0.4, -0.2) is 19.6 Å². The number of rotatable bonds is 5. The summed E-state index contributed by atoms with van der Waals surface area (Å²) in [5.74, 6) is 0.216. The third-order valence-corrected chi connectivity index (χ3v) is 2.54. The predicted octanol–water partition coefficient (Wildman–Crippen LogP) is 2.19. The lowest BCUT2D eigenvalue weighted by atomic mass is 10.1. The molecular weight excluding hydrogens is 216 g/mol. The fourth-order valence-corrected chi connectivity index (χ4v) is 1.63. The van der Waals surface area contributed by atoms with Crippen LogP contribution in [-0.2, 0) is 9.53 Å². The van der Waals surface area contributed by atoms with Gasteiger partial charge in [0, 0.05) is 31.5 Å². The summed E-state index contributed by atoms with van der Waals surface area (Å²) in [7, 11) is 1.64. The van der Waals surface area contributed by atoms with Gasteiger partial charge in [0.05, 0.1) is 0 Å². The van der Waals surface area contributed by atoms with E-state index >= 15 is 0 Å². The molecule has 17 heavy (non-hydrogen) atoms. The summed E-state index contributed by atoms with van der Waals surface area (Å²) in [6.07, 6.45) is 0.456. The van der Waals surface area contributed by atoms with E-state index in [1.54, 1.807) is 19.2 Å². The van der Waals surface area contributed by atoms with Gasteiger partial charge in [-0.2, -0.15) is 0 Å². The maximum Gasteiger partial charge on any atom is 0.224 e. The van der Waals surface area contributed by atoms with E-state index in [0.29, 0.717) is 13.0 Å². The summed E-state index contributed by atoms with van der Waals surface area (Å²) in [5, 5.41) is 2.85. The molecule has 0 fully saturated rings. The van der Waals surface area contributed by atoms with Crippen LogP contribution in [0, 0.1) is 12.8 Å². The number of hydrogen-bond acceptors (Lipinski definition) is 3. The highest BCUT2D eigenvalue weighted by Gasteiger charge is 2.09. The summed E-state index contributed by atoms with van der Waals surface area (Å²) in [6, 6.07) is 5.47. The maximum atomic E-state index is 11.7. The predicted molar refractivity (Wildman–Crippen MR) is 69.9 cm³/mol. The largest absolute Gasteiger partial charge is 0.399 e. The minimum atomic E-state index is -0.00118. The molecular formula is C13H20N2O2. The van der Waals surface area contributed by atoms with Crippen molar-refractivity contribution >= 4 is 17.3 Å². The molecule has 94 valence electrons. The average molecular weight is 236 g/mol. The Morgan fingerprint density at radius 1 is 1.53 bits per heavy atom. The minimum absolute atomic E-state index is 0.00118. The molecule has 0 saturated heterocycles. The van der Waals surface area contributed by atoms with Gasteiger partial charge >= 0.3 is 0 Å². The maximum absolute atomic E-state index is 11.7. The van der Waals surface area contributed by atoms with E-state index < -0.39 is 0 Å². The number of methoxy groups -OCH3 is 1. The molecule has 0 saturated carbocycles. The molecule has 1 atom stereocenters. The van der Waals surface area contributed by atoms with Gasteiger partial charge in [0.25, 0.3) is 0 Å². The molecule has 4 heteroatoms. The highest BCUT2D eigenvalue weighted by atomic mass is 16.5. The Hall–Kier alpha value is -1.55. The zero-order valence-corrected chi connectivity index (χ0v) is 10.6. The number of hydrogen-bond donors (Lipinski definition) is 2. The Labute approximate surface area is 102 Å². The fraction of sp³-hybridized carbons (Fsp3) is 0.462. The van der Waals surface area contributed by atoms with Crippen LogP contribution in [0.5, 0.6) is 0 Å². The van der Waals surface area contributed by atoms with Gasteiger partial charge in [-0.05, 0) is 36.6 Å². The summed E-state index contributed by atoms with van der Waals surface area (Å²) < 4.78 is 4.99. The van der Waals surface area contributed by atoms with E-state index in [0.717, 1.165) is 16.9 Å². The number of nitrogen functional groups attached to an aromatic ring is 1. The summed E-state index contributed by atoms with van der Waals surface area (Å²) in [6.45, 7) is 4.49. The van der Waals surface area contributed by atoms with Crippen molar-refractivity contribution in [1.82, 2.24) is 0 Å². The van der Waals surface area contributed by atoms with Crippen molar-refractivity contribution in [3.63, 3.8) is 0 Å². The molecule has 0 aliphatic heterocycles. The van der Waals surface area contributed by atoms with Crippen molar-refractivity contribution in [3.05, 3.63) is 23.8 Å². The normalized spacial score (nSPS) is 12.2. The number of amides is 1. The van der Waals surface area contributed by atoms with Crippen molar-refractivity contribution in [3.8, 4) is 0 Å². The Balaban J connectivity index is 2.53. The van der Waals surface area contributed by atoms with Crippen LogP contribution in [0.4, 0.5) is 11.4 Å². The SMILES string of the molecule is COCC(C)CC(=O)Nc1ccc(N)c(C)c1. The summed E-state index contributed by atoms with van der Waals surface area (Å²) >= 11 is 0. The number of aryl methyl sites for hydroxylation is 1. The average Bonchev–Trinajstić information content (AvgIpc) is 2.23. The number of anilines is 2. The molecule has 0 aromatic heterocycles. The molecule has 0 heterocycles. The van der Waals surface area contributed by atoms with E-state index in [-0.39, 0.29) is 11.8 Å². The van der Waals surface area contributed by atoms with Crippen LogP contribution in [0.1, 0.15) is 18.9 Å². The quantitative estimate of drug-likeness (QED) is 0.770. The van der Waals surface area contributed by atoms with Crippen molar-refractivity contribution in [1.29, 1.82) is 0 Å². The molecule has 1 amide bonds. The Kier molecular flexibility index (Phi) is 4.97. The topological polar surface area (TPSA) is 64.3 Å². The Morgan fingerprint density at radius 2 is 2.24 bits per heavy atom. The van der Waals surface area contributed by atoms with Crippen LogP contribution in [0.3, 0.4) is 0 Å². The first-order valence-electron chi connectivity index (χ1n) is 5.68. The van der Waals surface area contributed by atoms with Gasteiger partial charge in [-0.15, -0.1) is 0 Å². The van der Waals surface area contributed by atoms with Gasteiger partial charge < -0.3 is 15.8 Å². The van der Waals surface area contributed by atoms with Crippen molar-refractivity contribution < 1.29 is 9.53 Å². The van der Waals surface area contributed by atoms with Crippen LogP contribution >= 0.6 is 0 Å². The van der Waals surface area contributed by atoms with Gasteiger partial charge in [0.1, 0.15) is 0 Å². The number of carbonyl (C=O) groups is 1. The number of benzene rings is 1. The van der Waals surface area contributed by atoms with Crippen molar-refractivity contribution in [2.75, 3.05) is 24.8 Å². The van der Waals surface area contributed by atoms with E-state index in [9.17, 15) is 4.79 Å². The Morgan fingerprint density at radius 3 is 2.82 bits per heavy atom. The second-order valence-corrected chi connectivity index (χ2v) is 4.38. The zero-order valence-electron chi connectivity index (χ0n) is 10.6. The third-order valence-electron chi connectivity index (χ3n) is 2.54. The lowest BCUT2D eigenvalue weighted by Crippen LogP contribution is -2.17. The van der Waals surface area contributed by atoms with Gasteiger partial charge in [-0.1, -0.05) is 6.92 Å². The molecule has 1 aromatic carbocycles. The monoisotopic (exact) mass is 236 g/mol. The van der Waals surface area contributed by atoms with E-state index in [1.165, 1.54) is 0 Å². The zero-order chi connectivity index (χ0) is 12.8. The van der Waals surface area contributed by atoms with Crippen LogP contribution < -0.4 is 11.1 Å². The van der Waals surface area contributed by atoms with E-state index in [2.05, 4.69) is 5.32 Å². The highest BCUT2D eigenvalue weighted by Crippen LogP contribution is 2.17. The molecule has 4 nitrogen and oxygen atoms in total. The first-order valence-corrected chi connectivity index (χ1v) is 5.68. The fourth-order valence-electron chi connectivity index (χ4n) is 1.63. The van der Waals surface area contributed by atoms with Crippen molar-refractivity contribution in [2.24, 2.45) is 5.92 Å². The number of nitrogens with two attached hydrogens (primary N) is 1. The van der Waals surface area contributed by atoms with Crippen LogP contribution in [0.25, 0.3) is 0 Å². The molecule has 0 aliphatic rings. The second-order valence-electron chi connectivity index (χ2n) is 4.38. The lowest BCUT2D eigenvalue weighted by Gasteiger charge is -2.11. The van der Waals surface area contributed by atoms with Gasteiger partial charge in [0.15, 0.2) is 0 Å². The number of carbonyl (C=O) groups excluding carboxylic acids is 1. The highest BCUT2D eigenvalue weighted by molar-refractivity contribution is 5.91. The van der Waals surface area contributed by atoms with Gasteiger partial charge in [-0.25, -0.2) is 0 Å². The number of nitrogens with one attached hydrogen (secondary N) is 1. The van der Waals surface area contributed by atoms with E-state index in [4.69, 9.17) is 10.5 Å². The van der Waals surface area contributed by atoms with Gasteiger partial charge in [0.2, 0.25) is 5.91 Å². The standard InChI is InChI=1S/C13H20N2O2/c1-9(8-17-3)6-13(16)15-11-4-5-12(14)10(2)7-11/h4-5,7,9H,6,8,14H2,1-3H3,(H,15,16). The number of ether oxygens (including phenoxy) is 1. The summed E-state index contributed by atoms with van der Waals surface area (Å²) in [4.78, 5) is 11.7. The van der Waals surface area contributed by atoms with Crippen molar-refractivity contribution in [2.45, 2.75) is 20.3 Å². The van der Waals surface area contributed by atoms with Gasteiger partial charge in [-0.3, -0.25) is 4.79 Å². The molecule has 0 aliphatic carbocycles. The first kappa shape index (κ1) is 13.5. The molecule has 1 aromatic rings. The van der Waals surface area contributed by atoms with Crippen LogP contribution in [0.2, 0.25) is 0 Å². The third kappa shape index (κ3) is 4.44. The smallest absolute Gasteiger partial charge is 0.224 e. The Bertz CT molecular complexity index is 391. The van der Waals surface area contributed by atoms with Crippen LogP contribution in [0.15, 0.2) is 18.2 Å². The second kappa shape index (κ2) is 6.25. The molecule has 1 rings (SSSR count). The molecule has 3 N–H and O–H groups in total. The van der Waals surface area contributed by atoms with E-state index in [1.807, 2.05) is 19.9 Å². The molecule has 0 spiro atoms. The minimum Gasteiger partial charge on any atom is -0.399 e. The summed E-state index contributed by atoms with van der Waals surface area (Å²) in [5.41, 5.74) is 8.19. The molecule has 0 bridgehead atoms. The lowest BCUT2D eigenvalue weighted by molar-refractivity contribution is -0.117.